The van der Waals surface area contributed by atoms with Gasteiger partial charge in [0.05, 0.1) is 0 Å². The number of hydrogen-bond acceptors (Lipinski definition) is 3. The molecule has 1 aromatic rings. The van der Waals surface area contributed by atoms with E-state index in [1.807, 2.05) is 19.2 Å². The van der Waals surface area contributed by atoms with Gasteiger partial charge >= 0.3 is 0 Å². The van der Waals surface area contributed by atoms with Crippen LogP contribution in [0.2, 0.25) is 0 Å². The first-order valence-electron chi connectivity index (χ1n) is 5.57. The third-order valence-corrected chi connectivity index (χ3v) is 2.92. The van der Waals surface area contributed by atoms with Crippen LogP contribution in [-0.2, 0) is 11.2 Å². The molecule has 3 N–H and O–H groups in total. The predicted molar refractivity (Wildman–Crippen MR) is 65.7 cm³/mol. The topological polar surface area (TPSA) is 58.4 Å². The fourth-order valence-corrected chi connectivity index (χ4v) is 2.09. The molecule has 1 aliphatic rings. The van der Waals surface area contributed by atoms with Crippen molar-refractivity contribution in [1.29, 1.82) is 0 Å². The Morgan fingerprint density at radius 3 is 2.94 bits per heavy atom. The summed E-state index contributed by atoms with van der Waals surface area (Å²) in [6.07, 6.45) is 1.41. The molecule has 0 aliphatic carbocycles. The number of carbonyl (C=O) groups is 1. The molecular formula is C12H17N3O. The number of aryl methyl sites for hydroxylation is 1. The molecule has 0 saturated heterocycles. The Morgan fingerprint density at radius 2 is 2.25 bits per heavy atom. The first-order valence-corrected chi connectivity index (χ1v) is 5.57. The normalized spacial score (nSPS) is 14.9. The lowest BCUT2D eigenvalue weighted by molar-refractivity contribution is -0.118. The fraction of sp³-hybridized carbons (Fsp3) is 0.417. The van der Waals surface area contributed by atoms with Crippen LogP contribution in [0.15, 0.2) is 18.2 Å². The zero-order valence-corrected chi connectivity index (χ0v) is 9.49. The van der Waals surface area contributed by atoms with Gasteiger partial charge in [0, 0.05) is 37.9 Å². The average Bonchev–Trinajstić information content (AvgIpc) is 2.32. The number of nitrogens with one attached hydrogen (secondary N) is 1. The summed E-state index contributed by atoms with van der Waals surface area (Å²) in [5, 5.41) is 3.11. The van der Waals surface area contributed by atoms with Crippen molar-refractivity contribution in [2.45, 2.75) is 12.8 Å². The van der Waals surface area contributed by atoms with E-state index in [1.165, 1.54) is 5.56 Å². The standard InChI is InChI=1S/C12H17N3O/c1-14-10-3-4-11-9(8-10)2-5-12(16)15(11)7-6-13/h3-4,8,14H,2,5-7,13H2,1H3. The summed E-state index contributed by atoms with van der Waals surface area (Å²) < 4.78 is 0. The highest BCUT2D eigenvalue weighted by Crippen LogP contribution is 2.29. The minimum Gasteiger partial charge on any atom is -0.388 e. The molecule has 16 heavy (non-hydrogen) atoms. The van der Waals surface area contributed by atoms with Crippen molar-refractivity contribution in [1.82, 2.24) is 0 Å². The first-order chi connectivity index (χ1) is 7.76. The fourth-order valence-electron chi connectivity index (χ4n) is 2.09. The summed E-state index contributed by atoms with van der Waals surface area (Å²) in [4.78, 5) is 13.5. The third-order valence-electron chi connectivity index (χ3n) is 2.92. The Morgan fingerprint density at radius 1 is 1.44 bits per heavy atom. The summed E-state index contributed by atoms with van der Waals surface area (Å²) >= 11 is 0. The SMILES string of the molecule is CNc1ccc2c(c1)CCC(=O)N2CCN. The molecule has 0 fully saturated rings. The van der Waals surface area contributed by atoms with Crippen molar-refractivity contribution in [2.75, 3.05) is 30.4 Å². The van der Waals surface area contributed by atoms with Crippen LogP contribution in [0, 0.1) is 0 Å². The second-order valence-electron chi connectivity index (χ2n) is 3.93. The molecule has 4 nitrogen and oxygen atoms in total. The minimum absolute atomic E-state index is 0.176. The van der Waals surface area contributed by atoms with Crippen LogP contribution in [0.1, 0.15) is 12.0 Å². The number of amides is 1. The van der Waals surface area contributed by atoms with Gasteiger partial charge in [-0.3, -0.25) is 4.79 Å². The highest BCUT2D eigenvalue weighted by atomic mass is 16.2. The Bertz CT molecular complexity index is 403. The van der Waals surface area contributed by atoms with E-state index < -0.39 is 0 Å². The number of rotatable bonds is 3. The maximum absolute atomic E-state index is 11.8. The third kappa shape index (κ3) is 1.88. The molecule has 1 aromatic carbocycles. The molecule has 1 amide bonds. The number of nitrogens with two attached hydrogens (primary N) is 1. The number of anilines is 2. The van der Waals surface area contributed by atoms with Gasteiger partial charge in [-0.1, -0.05) is 0 Å². The summed E-state index contributed by atoms with van der Waals surface area (Å²) in [6.45, 7) is 1.10. The molecule has 1 aliphatic heterocycles. The van der Waals surface area contributed by atoms with E-state index in [4.69, 9.17) is 5.73 Å². The monoisotopic (exact) mass is 219 g/mol. The van der Waals surface area contributed by atoms with Crippen molar-refractivity contribution >= 4 is 17.3 Å². The largest absolute Gasteiger partial charge is 0.388 e. The molecule has 4 heteroatoms. The van der Waals surface area contributed by atoms with E-state index in [0.29, 0.717) is 19.5 Å². The highest BCUT2D eigenvalue weighted by molar-refractivity contribution is 5.96. The van der Waals surface area contributed by atoms with Gasteiger partial charge in [-0.05, 0) is 30.2 Å². The quantitative estimate of drug-likeness (QED) is 0.796. The van der Waals surface area contributed by atoms with Crippen LogP contribution in [0.25, 0.3) is 0 Å². The van der Waals surface area contributed by atoms with Crippen molar-refractivity contribution in [2.24, 2.45) is 5.73 Å². The van der Waals surface area contributed by atoms with Crippen molar-refractivity contribution in [3.8, 4) is 0 Å². The Labute approximate surface area is 95.4 Å². The number of nitrogens with zero attached hydrogens (tertiary/aromatic N) is 1. The predicted octanol–water partition coefficient (Wildman–Crippen LogP) is 0.966. The lowest BCUT2D eigenvalue weighted by Gasteiger charge is -2.29. The van der Waals surface area contributed by atoms with Crippen molar-refractivity contribution in [3.05, 3.63) is 23.8 Å². The number of fused-ring (bicyclic) bond motifs is 1. The molecule has 0 bridgehead atoms. The highest BCUT2D eigenvalue weighted by Gasteiger charge is 2.23. The van der Waals surface area contributed by atoms with E-state index in [-0.39, 0.29) is 5.91 Å². The van der Waals surface area contributed by atoms with Gasteiger partial charge in [-0.15, -0.1) is 0 Å². The molecular weight excluding hydrogens is 202 g/mol. The summed E-state index contributed by atoms with van der Waals surface area (Å²) in [7, 11) is 1.90. The first kappa shape index (κ1) is 11.0. The van der Waals surface area contributed by atoms with Gasteiger partial charge in [0.2, 0.25) is 5.91 Å². The molecule has 0 unspecified atom stereocenters. The number of carbonyl (C=O) groups excluding carboxylic acids is 1. The average molecular weight is 219 g/mol. The molecule has 2 rings (SSSR count). The summed E-state index contributed by atoms with van der Waals surface area (Å²) in [5.41, 5.74) is 8.85. The van der Waals surface area contributed by atoms with Crippen LogP contribution >= 0.6 is 0 Å². The summed E-state index contributed by atoms with van der Waals surface area (Å²) in [5.74, 6) is 0.176. The van der Waals surface area contributed by atoms with Crippen molar-refractivity contribution in [3.63, 3.8) is 0 Å². The lowest BCUT2D eigenvalue weighted by atomic mass is 10.0. The maximum Gasteiger partial charge on any atom is 0.227 e. The zero-order chi connectivity index (χ0) is 11.5. The second-order valence-corrected chi connectivity index (χ2v) is 3.93. The molecule has 1 heterocycles. The van der Waals surface area contributed by atoms with Gasteiger partial charge in [0.1, 0.15) is 0 Å². The molecule has 0 radical (unpaired) electrons. The van der Waals surface area contributed by atoms with Crippen LogP contribution < -0.4 is 16.0 Å². The van der Waals surface area contributed by atoms with E-state index in [1.54, 1.807) is 4.90 Å². The van der Waals surface area contributed by atoms with Gasteiger partial charge in [0.25, 0.3) is 0 Å². The van der Waals surface area contributed by atoms with E-state index >= 15 is 0 Å². The zero-order valence-electron chi connectivity index (χ0n) is 9.49. The molecule has 0 aromatic heterocycles. The van der Waals surface area contributed by atoms with E-state index in [9.17, 15) is 4.79 Å². The molecule has 0 atom stereocenters. The molecule has 0 saturated carbocycles. The maximum atomic E-state index is 11.8. The number of benzene rings is 1. The van der Waals surface area contributed by atoms with Crippen LogP contribution in [0.3, 0.4) is 0 Å². The Kier molecular flexibility index (Phi) is 3.10. The van der Waals surface area contributed by atoms with Gasteiger partial charge in [-0.25, -0.2) is 0 Å². The Balaban J connectivity index is 2.36. The molecule has 0 spiro atoms. The van der Waals surface area contributed by atoms with Crippen LogP contribution in [0.5, 0.6) is 0 Å². The summed E-state index contributed by atoms with van der Waals surface area (Å²) in [6, 6.07) is 6.08. The van der Waals surface area contributed by atoms with Crippen LogP contribution in [0.4, 0.5) is 11.4 Å². The second kappa shape index (κ2) is 4.53. The van der Waals surface area contributed by atoms with Gasteiger partial charge < -0.3 is 16.0 Å². The van der Waals surface area contributed by atoms with Gasteiger partial charge in [-0.2, -0.15) is 0 Å². The van der Waals surface area contributed by atoms with E-state index in [2.05, 4.69) is 11.4 Å². The van der Waals surface area contributed by atoms with E-state index in [0.717, 1.165) is 17.8 Å². The minimum atomic E-state index is 0.176. The number of hydrogen-bond donors (Lipinski definition) is 2. The van der Waals surface area contributed by atoms with Crippen molar-refractivity contribution < 1.29 is 4.79 Å². The Hall–Kier alpha value is -1.55. The lowest BCUT2D eigenvalue weighted by Crippen LogP contribution is -2.38. The van der Waals surface area contributed by atoms with Crippen LogP contribution in [-0.4, -0.2) is 26.0 Å². The molecule has 86 valence electrons. The smallest absolute Gasteiger partial charge is 0.227 e. The van der Waals surface area contributed by atoms with Gasteiger partial charge in [0.15, 0.2) is 0 Å².